The monoisotopic (exact) mass is 684 g/mol. The predicted octanol–water partition coefficient (Wildman–Crippen LogP) is 7.61. The van der Waals surface area contributed by atoms with Gasteiger partial charge in [-0.3, -0.25) is 19.2 Å². The van der Waals surface area contributed by atoms with Gasteiger partial charge >= 0.3 is 0 Å². The topological polar surface area (TPSA) is 139 Å². The van der Waals surface area contributed by atoms with Crippen LogP contribution in [-0.4, -0.2) is 42.8 Å². The minimum absolute atomic E-state index is 0.00998. The number of carbonyl (C=O) groups is 4. The fraction of sp³-hybridized carbons (Fsp3) is 0.429. The van der Waals surface area contributed by atoms with Crippen LogP contribution in [0.2, 0.25) is 0 Å². The second kappa shape index (κ2) is 25.7. The van der Waals surface area contributed by atoms with Crippen LogP contribution in [0.4, 0.5) is 0 Å². The summed E-state index contributed by atoms with van der Waals surface area (Å²) in [5, 5.41) is 0. The highest BCUT2D eigenvalue weighted by Gasteiger charge is 2.14. The van der Waals surface area contributed by atoms with Crippen LogP contribution in [0.15, 0.2) is 107 Å². The van der Waals surface area contributed by atoms with Crippen molar-refractivity contribution >= 4 is 23.1 Å². The SMILES string of the molecule is CC(=O)/C=C(/COCc1ccccc1)CC(=O)/C(=C/CCCCC/C(=C/C(=O)C/C(=C\OCc1ccccc1)C(C)=O)CCCN)CCCN. The molecule has 0 unspecified atom stereocenters. The Labute approximate surface area is 298 Å². The van der Waals surface area contributed by atoms with Crippen LogP contribution in [0.3, 0.4) is 0 Å². The summed E-state index contributed by atoms with van der Waals surface area (Å²) in [6.45, 7) is 4.87. The lowest BCUT2D eigenvalue weighted by Crippen LogP contribution is -2.11. The van der Waals surface area contributed by atoms with E-state index in [1.807, 2.05) is 66.7 Å². The van der Waals surface area contributed by atoms with Crippen molar-refractivity contribution in [3.05, 3.63) is 119 Å². The highest BCUT2D eigenvalue weighted by Crippen LogP contribution is 2.19. The van der Waals surface area contributed by atoms with Gasteiger partial charge in [-0.15, -0.1) is 0 Å². The van der Waals surface area contributed by atoms with Crippen molar-refractivity contribution in [2.75, 3.05) is 19.7 Å². The van der Waals surface area contributed by atoms with Gasteiger partial charge in [0.25, 0.3) is 0 Å². The predicted molar refractivity (Wildman–Crippen MR) is 200 cm³/mol. The molecule has 0 radical (unpaired) electrons. The van der Waals surface area contributed by atoms with Crippen LogP contribution in [-0.2, 0) is 41.9 Å². The zero-order valence-electron chi connectivity index (χ0n) is 30.0. The van der Waals surface area contributed by atoms with Crippen LogP contribution in [0.1, 0.15) is 95.6 Å². The van der Waals surface area contributed by atoms with Crippen LogP contribution >= 0.6 is 0 Å². The molecule has 2 aromatic carbocycles. The largest absolute Gasteiger partial charge is 0.496 e. The van der Waals surface area contributed by atoms with Gasteiger partial charge in [-0.1, -0.05) is 78.7 Å². The molecule has 0 bridgehead atoms. The van der Waals surface area contributed by atoms with Crippen molar-refractivity contribution in [2.24, 2.45) is 11.5 Å². The Morgan fingerprint density at radius 3 is 1.90 bits per heavy atom. The highest BCUT2D eigenvalue weighted by molar-refractivity contribution is 6.02. The Morgan fingerprint density at radius 1 is 0.660 bits per heavy atom. The van der Waals surface area contributed by atoms with Crippen molar-refractivity contribution in [3.8, 4) is 0 Å². The highest BCUT2D eigenvalue weighted by atomic mass is 16.5. The summed E-state index contributed by atoms with van der Waals surface area (Å²) >= 11 is 0. The normalized spacial score (nSPS) is 12.6. The molecule has 0 heterocycles. The number of hydrogen-bond acceptors (Lipinski definition) is 8. The number of rotatable bonds is 27. The molecule has 0 atom stereocenters. The first-order valence-corrected chi connectivity index (χ1v) is 17.7. The lowest BCUT2D eigenvalue weighted by atomic mass is 9.96. The summed E-state index contributed by atoms with van der Waals surface area (Å²) < 4.78 is 11.4. The smallest absolute Gasteiger partial charge is 0.162 e. The first-order chi connectivity index (χ1) is 24.2. The summed E-state index contributed by atoms with van der Waals surface area (Å²) in [5.74, 6) is -0.447. The van der Waals surface area contributed by atoms with E-state index in [0.29, 0.717) is 50.3 Å². The van der Waals surface area contributed by atoms with Crippen molar-refractivity contribution in [1.29, 1.82) is 0 Å². The molecular weight excluding hydrogens is 628 g/mol. The zero-order valence-corrected chi connectivity index (χ0v) is 30.0. The van der Waals surface area contributed by atoms with E-state index in [2.05, 4.69) is 0 Å². The number of hydrogen-bond donors (Lipinski definition) is 2. The van der Waals surface area contributed by atoms with E-state index in [1.54, 1.807) is 6.08 Å². The molecule has 270 valence electrons. The molecule has 8 nitrogen and oxygen atoms in total. The minimum atomic E-state index is -0.192. The number of Topliss-reactive ketones (excluding diaryl/α,β-unsaturated/α-hetero) is 2. The second-order valence-corrected chi connectivity index (χ2v) is 12.5. The molecule has 0 aliphatic heterocycles. The van der Waals surface area contributed by atoms with E-state index < -0.39 is 0 Å². The number of unbranched alkanes of at least 4 members (excludes halogenated alkanes) is 3. The molecule has 0 aliphatic carbocycles. The number of allylic oxidation sites excluding steroid dienone is 6. The third kappa shape index (κ3) is 19.1. The molecule has 50 heavy (non-hydrogen) atoms. The van der Waals surface area contributed by atoms with Gasteiger partial charge in [0, 0.05) is 18.4 Å². The molecule has 0 aliphatic rings. The standard InChI is InChI=1S/C42H56N2O6/c1-33(45)25-38(31-49-29-36-16-8-5-9-17-36)27-42(48)39(22-14-24-44)21-12-4-3-7-15-35(20-13-23-43)26-41(47)28-40(34(2)46)32-50-30-37-18-10-6-11-19-37/h5-6,8-11,16-19,21,25-26,32H,3-4,7,12-15,20,22-24,27-31,43-44H2,1-2H3/b35-26-,38-25+,39-21+,40-32+. The molecular formula is C42H56N2O6. The van der Waals surface area contributed by atoms with Crippen molar-refractivity contribution in [3.63, 3.8) is 0 Å². The number of benzene rings is 2. The Morgan fingerprint density at radius 2 is 1.28 bits per heavy atom. The first-order valence-electron chi connectivity index (χ1n) is 17.7. The van der Waals surface area contributed by atoms with E-state index in [4.69, 9.17) is 20.9 Å². The third-order valence-corrected chi connectivity index (χ3v) is 8.00. The molecule has 0 amide bonds. The Kier molecular flexibility index (Phi) is 21.5. The minimum Gasteiger partial charge on any atom is -0.496 e. The van der Waals surface area contributed by atoms with E-state index in [9.17, 15) is 19.2 Å². The first kappa shape index (κ1) is 41.9. The fourth-order valence-electron chi connectivity index (χ4n) is 5.35. The lowest BCUT2D eigenvalue weighted by Gasteiger charge is -2.11. The van der Waals surface area contributed by atoms with E-state index in [-0.39, 0.29) is 42.6 Å². The average molecular weight is 685 g/mol. The maximum atomic E-state index is 13.3. The van der Waals surface area contributed by atoms with Crippen LogP contribution in [0.25, 0.3) is 0 Å². The van der Waals surface area contributed by atoms with E-state index >= 15 is 0 Å². The Balaban J connectivity index is 1.91. The Bertz CT molecular complexity index is 1460. The summed E-state index contributed by atoms with van der Waals surface area (Å²) in [5.41, 5.74) is 16.3. The molecule has 2 aromatic rings. The zero-order chi connectivity index (χ0) is 36.4. The molecule has 2 rings (SSSR count). The van der Waals surface area contributed by atoms with Gasteiger partial charge in [0.05, 0.1) is 19.5 Å². The quantitative estimate of drug-likeness (QED) is 0.0557. The van der Waals surface area contributed by atoms with Gasteiger partial charge < -0.3 is 20.9 Å². The second-order valence-electron chi connectivity index (χ2n) is 12.5. The van der Waals surface area contributed by atoms with Crippen LogP contribution in [0, 0.1) is 0 Å². The summed E-state index contributed by atoms with van der Waals surface area (Å²) in [6.07, 6.45) is 13.7. The third-order valence-electron chi connectivity index (χ3n) is 8.00. The Hall–Kier alpha value is -4.24. The molecule has 0 aromatic heterocycles. The lowest BCUT2D eigenvalue weighted by molar-refractivity contribution is -0.117. The number of ether oxygens (including phenoxy) is 2. The van der Waals surface area contributed by atoms with E-state index in [1.165, 1.54) is 26.2 Å². The van der Waals surface area contributed by atoms with Crippen molar-refractivity contribution in [1.82, 2.24) is 0 Å². The van der Waals surface area contributed by atoms with E-state index in [0.717, 1.165) is 67.2 Å². The number of ketones is 4. The molecule has 0 saturated heterocycles. The molecule has 4 N–H and O–H groups in total. The molecule has 8 heteroatoms. The summed E-state index contributed by atoms with van der Waals surface area (Å²) in [6, 6.07) is 19.4. The number of nitrogens with two attached hydrogens (primary N) is 2. The van der Waals surface area contributed by atoms with Crippen LogP contribution < -0.4 is 11.5 Å². The van der Waals surface area contributed by atoms with Gasteiger partial charge in [-0.25, -0.2) is 0 Å². The fourth-order valence-corrected chi connectivity index (χ4v) is 5.35. The number of carbonyl (C=O) groups excluding carboxylic acids is 4. The summed E-state index contributed by atoms with van der Waals surface area (Å²) in [4.78, 5) is 50.4. The average Bonchev–Trinajstić information content (AvgIpc) is 3.09. The molecule has 0 fully saturated rings. The van der Waals surface area contributed by atoms with Crippen LogP contribution in [0.5, 0.6) is 0 Å². The molecule has 0 saturated carbocycles. The van der Waals surface area contributed by atoms with Gasteiger partial charge in [0.1, 0.15) is 6.61 Å². The van der Waals surface area contributed by atoms with Gasteiger partial charge in [0.15, 0.2) is 23.1 Å². The van der Waals surface area contributed by atoms with Gasteiger partial charge in [-0.05, 0) is 113 Å². The van der Waals surface area contributed by atoms with Crippen molar-refractivity contribution < 1.29 is 28.7 Å². The summed E-state index contributed by atoms with van der Waals surface area (Å²) in [7, 11) is 0. The van der Waals surface area contributed by atoms with Crippen molar-refractivity contribution in [2.45, 2.75) is 97.7 Å². The maximum absolute atomic E-state index is 13.3. The van der Waals surface area contributed by atoms with Gasteiger partial charge in [-0.2, -0.15) is 0 Å². The molecule has 0 spiro atoms. The van der Waals surface area contributed by atoms with Gasteiger partial charge in [0.2, 0.25) is 0 Å². The maximum Gasteiger partial charge on any atom is 0.162 e.